The molecule has 4 aromatic rings. The van der Waals surface area contributed by atoms with Crippen molar-refractivity contribution in [1.29, 1.82) is 0 Å². The van der Waals surface area contributed by atoms with Crippen LogP contribution in [-0.4, -0.2) is 68.2 Å². The maximum Gasteiger partial charge on any atom is 0.419 e. The van der Waals surface area contributed by atoms with E-state index in [1.807, 2.05) is 6.92 Å². The minimum absolute atomic E-state index is 0.0292. The number of rotatable bonds is 11. The third-order valence-electron chi connectivity index (χ3n) is 6.10. The largest absolute Gasteiger partial charge is 0.425 e. The van der Waals surface area contributed by atoms with Gasteiger partial charge in [-0.1, -0.05) is 18.1 Å². The third kappa shape index (κ3) is 7.08. The predicted molar refractivity (Wildman–Crippen MR) is 151 cm³/mol. The van der Waals surface area contributed by atoms with Gasteiger partial charge in [0, 0.05) is 36.1 Å². The highest BCUT2D eigenvalue weighted by Gasteiger charge is 2.28. The minimum atomic E-state index is -1.02. The van der Waals surface area contributed by atoms with Crippen LogP contribution in [0.3, 0.4) is 0 Å². The fourth-order valence-electron chi connectivity index (χ4n) is 3.99. The quantitative estimate of drug-likeness (QED) is 0.112. The first-order chi connectivity index (χ1) is 20.7. The van der Waals surface area contributed by atoms with Crippen LogP contribution in [0.2, 0.25) is 0 Å². The second-order valence-corrected chi connectivity index (χ2v) is 9.01. The maximum absolute atomic E-state index is 13.5. The number of hydrogen-bond acceptors (Lipinski definition) is 12. The number of hydrogen-bond donors (Lipinski definition) is 2. The molecule has 0 bridgehead atoms. The first-order valence-corrected chi connectivity index (χ1v) is 12.9. The molecule has 3 heterocycles. The molecule has 1 aromatic carbocycles. The second kappa shape index (κ2) is 13.7. The van der Waals surface area contributed by atoms with Gasteiger partial charge in [0.25, 0.3) is 11.8 Å². The lowest BCUT2D eigenvalue weighted by molar-refractivity contribution is -0.146. The fourth-order valence-corrected chi connectivity index (χ4v) is 3.99. The van der Waals surface area contributed by atoms with E-state index in [0.29, 0.717) is 40.9 Å². The van der Waals surface area contributed by atoms with Gasteiger partial charge in [0.2, 0.25) is 6.79 Å². The van der Waals surface area contributed by atoms with E-state index in [-0.39, 0.29) is 17.9 Å². The molecule has 0 atom stereocenters. The van der Waals surface area contributed by atoms with Gasteiger partial charge in [-0.15, -0.1) is 0 Å². The van der Waals surface area contributed by atoms with E-state index in [9.17, 15) is 24.0 Å². The Hall–Kier alpha value is -5.86. The summed E-state index contributed by atoms with van der Waals surface area (Å²) in [5.41, 5.74) is 2.85. The van der Waals surface area contributed by atoms with Crippen LogP contribution in [0.15, 0.2) is 59.7 Å². The summed E-state index contributed by atoms with van der Waals surface area (Å²) >= 11 is 0. The Bertz CT molecular complexity index is 1690. The number of amides is 3. The first kappa shape index (κ1) is 30.1. The van der Waals surface area contributed by atoms with Crippen LogP contribution in [0, 0.1) is 13.8 Å². The lowest BCUT2D eigenvalue weighted by atomic mass is 10.1. The van der Waals surface area contributed by atoms with Crippen LogP contribution in [0.1, 0.15) is 45.2 Å². The zero-order chi connectivity index (χ0) is 30.9. The molecule has 0 aliphatic heterocycles. The summed E-state index contributed by atoms with van der Waals surface area (Å²) in [4.78, 5) is 66.0. The van der Waals surface area contributed by atoms with Gasteiger partial charge in [-0.3, -0.25) is 14.4 Å². The number of allylic oxidation sites excluding steroid dienone is 1. The van der Waals surface area contributed by atoms with E-state index in [1.165, 1.54) is 29.4 Å². The van der Waals surface area contributed by atoms with E-state index in [0.717, 1.165) is 22.6 Å². The number of aldehydes is 1. The van der Waals surface area contributed by atoms with Crippen molar-refractivity contribution < 1.29 is 38.0 Å². The normalized spacial score (nSPS) is 10.9. The predicted octanol–water partition coefficient (Wildman–Crippen LogP) is 3.57. The van der Waals surface area contributed by atoms with E-state index >= 15 is 0 Å². The zero-order valence-electron chi connectivity index (χ0n) is 23.4. The lowest BCUT2D eigenvalue weighted by Gasteiger charge is -2.19. The van der Waals surface area contributed by atoms with Gasteiger partial charge in [0.1, 0.15) is 24.4 Å². The zero-order valence-corrected chi connectivity index (χ0v) is 23.4. The number of carbonyl (C=O) groups excluding carboxylic acids is 5. The molecule has 4 rings (SSSR count). The van der Waals surface area contributed by atoms with E-state index in [4.69, 9.17) is 14.0 Å². The first-order valence-electron chi connectivity index (χ1n) is 12.9. The number of esters is 1. The highest BCUT2D eigenvalue weighted by Crippen LogP contribution is 2.28. The Morgan fingerprint density at radius 3 is 2.67 bits per heavy atom. The SMILES string of the molecule is CCCN(C(=O)OCOC(=O)/C=C/C=O)C(=O)c1cn2ncnc(Nc3cc(C(=O)Nc4ccon4)ccc3C)c2c1C. The van der Waals surface area contributed by atoms with Crippen molar-refractivity contribution in [3.8, 4) is 0 Å². The number of aryl methyl sites for hydroxylation is 2. The summed E-state index contributed by atoms with van der Waals surface area (Å²) in [5, 5.41) is 13.7. The number of anilines is 3. The molecule has 15 nitrogen and oxygen atoms in total. The lowest BCUT2D eigenvalue weighted by Crippen LogP contribution is -2.38. The second-order valence-electron chi connectivity index (χ2n) is 9.01. The van der Waals surface area contributed by atoms with Crippen LogP contribution in [0.4, 0.5) is 22.1 Å². The molecule has 0 spiro atoms. The highest BCUT2D eigenvalue weighted by molar-refractivity contribution is 6.06. The Morgan fingerprint density at radius 2 is 1.95 bits per heavy atom. The Morgan fingerprint density at radius 1 is 1.14 bits per heavy atom. The summed E-state index contributed by atoms with van der Waals surface area (Å²) in [6.07, 6.45) is 5.71. The van der Waals surface area contributed by atoms with Gasteiger partial charge in [0.05, 0.1) is 5.56 Å². The van der Waals surface area contributed by atoms with E-state index in [1.54, 1.807) is 32.0 Å². The summed E-state index contributed by atoms with van der Waals surface area (Å²) in [7, 11) is 0. The Balaban J connectivity index is 1.56. The number of benzene rings is 1. The molecule has 0 fully saturated rings. The van der Waals surface area contributed by atoms with Crippen molar-refractivity contribution in [3.05, 3.63) is 77.5 Å². The fraction of sp³-hybridized carbons (Fsp3) is 0.214. The van der Waals surface area contributed by atoms with Gasteiger partial charge < -0.3 is 24.6 Å². The summed E-state index contributed by atoms with van der Waals surface area (Å²) in [6, 6.07) is 6.59. The number of carbonyl (C=O) groups is 5. The van der Waals surface area contributed by atoms with Crippen LogP contribution in [0.5, 0.6) is 0 Å². The van der Waals surface area contributed by atoms with Crippen LogP contribution in [0.25, 0.3) is 5.52 Å². The Kier molecular flexibility index (Phi) is 9.57. The van der Waals surface area contributed by atoms with E-state index < -0.39 is 30.7 Å². The monoisotopic (exact) mass is 589 g/mol. The summed E-state index contributed by atoms with van der Waals surface area (Å²) < 4.78 is 15.9. The van der Waals surface area contributed by atoms with Gasteiger partial charge in [-0.05, 0) is 49.6 Å². The topological polar surface area (TPSA) is 187 Å². The maximum atomic E-state index is 13.5. The van der Waals surface area contributed by atoms with Gasteiger partial charge in [-0.25, -0.2) is 24.0 Å². The molecule has 0 aliphatic carbocycles. The molecule has 0 aliphatic rings. The van der Waals surface area contributed by atoms with Gasteiger partial charge >= 0.3 is 12.1 Å². The standard InChI is InChI=1S/C28H27N7O8/c1-4-10-34(28(40)42-16-41-23(37)6-5-11-36)27(39)20-14-35-24(18(20)3)25(29-15-30-35)31-21-13-19(8-7-17(21)2)26(38)32-22-9-12-43-33-22/h5-9,11-15H,4,10,16H2,1-3H3,(H,29,30,31)(H,32,33,38)/b6-5+. The number of nitrogens with zero attached hydrogens (tertiary/aromatic N) is 5. The molecule has 0 saturated carbocycles. The van der Waals surface area contributed by atoms with Crippen molar-refractivity contribution in [2.24, 2.45) is 0 Å². The molecule has 3 amide bonds. The van der Waals surface area contributed by atoms with Crippen molar-refractivity contribution in [1.82, 2.24) is 24.7 Å². The van der Waals surface area contributed by atoms with Gasteiger partial charge in [0.15, 0.2) is 11.6 Å². The van der Waals surface area contributed by atoms with Crippen LogP contribution < -0.4 is 10.6 Å². The van der Waals surface area contributed by atoms with Crippen molar-refractivity contribution in [2.75, 3.05) is 24.0 Å². The van der Waals surface area contributed by atoms with E-state index in [2.05, 4.69) is 25.9 Å². The summed E-state index contributed by atoms with van der Waals surface area (Å²) in [5.74, 6) is -1.32. The Labute approximate surface area is 244 Å². The number of imide groups is 1. The average Bonchev–Trinajstić information content (AvgIpc) is 3.63. The number of ether oxygens (including phenoxy) is 2. The van der Waals surface area contributed by atoms with Crippen molar-refractivity contribution in [3.63, 3.8) is 0 Å². The average molecular weight is 590 g/mol. The molecule has 0 radical (unpaired) electrons. The molecule has 2 N–H and O–H groups in total. The van der Waals surface area contributed by atoms with Crippen LogP contribution in [-0.2, 0) is 19.1 Å². The smallest absolute Gasteiger partial charge is 0.419 e. The molecule has 43 heavy (non-hydrogen) atoms. The molecular formula is C28H27N7O8. The molecule has 222 valence electrons. The number of nitrogens with one attached hydrogen (secondary N) is 2. The van der Waals surface area contributed by atoms with Gasteiger partial charge in [-0.2, -0.15) is 5.10 Å². The molecule has 15 heteroatoms. The molecular weight excluding hydrogens is 562 g/mol. The van der Waals surface area contributed by atoms with Crippen molar-refractivity contribution >= 4 is 53.0 Å². The molecule has 3 aromatic heterocycles. The van der Waals surface area contributed by atoms with Crippen molar-refractivity contribution in [2.45, 2.75) is 27.2 Å². The number of fused-ring (bicyclic) bond motifs is 1. The minimum Gasteiger partial charge on any atom is -0.425 e. The summed E-state index contributed by atoms with van der Waals surface area (Å²) in [6.45, 7) is 4.59. The highest BCUT2D eigenvalue weighted by atomic mass is 16.7. The van der Waals surface area contributed by atoms with Crippen LogP contribution >= 0.6 is 0 Å². The molecule has 0 saturated heterocycles. The third-order valence-corrected chi connectivity index (χ3v) is 6.10. The molecule has 0 unspecified atom stereocenters. The number of aromatic nitrogens is 4.